The summed E-state index contributed by atoms with van der Waals surface area (Å²) in [5.74, 6) is -0.644. The number of esters is 1. The van der Waals surface area contributed by atoms with Crippen molar-refractivity contribution >= 4 is 5.97 Å². The smallest absolute Gasteiger partial charge is 0.336 e. The van der Waals surface area contributed by atoms with Gasteiger partial charge in [0, 0.05) is 5.41 Å². The van der Waals surface area contributed by atoms with Gasteiger partial charge in [0.15, 0.2) is 6.10 Å². The number of ether oxygens (including phenoxy) is 1. The van der Waals surface area contributed by atoms with Gasteiger partial charge in [-0.15, -0.1) is 0 Å². The van der Waals surface area contributed by atoms with Crippen molar-refractivity contribution in [3.8, 4) is 0 Å². The molecule has 0 aromatic carbocycles. The van der Waals surface area contributed by atoms with Crippen LogP contribution in [0.3, 0.4) is 0 Å². The van der Waals surface area contributed by atoms with Crippen molar-refractivity contribution in [3.05, 3.63) is 0 Å². The Hall–Kier alpha value is -0.610. The summed E-state index contributed by atoms with van der Waals surface area (Å²) < 4.78 is 4.70. The van der Waals surface area contributed by atoms with Crippen molar-refractivity contribution in [1.29, 1.82) is 0 Å². The molecule has 4 heteroatoms. The molecule has 0 amide bonds. The fraction of sp³-hybridized carbons (Fsp3) is 0.857. The number of aliphatic hydroxyl groups excluding tert-OH is 2. The molecular weight excluding hydrogens is 148 g/mol. The van der Waals surface area contributed by atoms with E-state index in [4.69, 9.17) is 9.84 Å². The van der Waals surface area contributed by atoms with Gasteiger partial charge in [-0.1, -0.05) is 13.8 Å². The van der Waals surface area contributed by atoms with Crippen LogP contribution in [0.2, 0.25) is 0 Å². The maximum absolute atomic E-state index is 10.8. The molecule has 1 rings (SSSR count). The largest absolute Gasteiger partial charge is 0.457 e. The first-order valence-corrected chi connectivity index (χ1v) is 3.49. The summed E-state index contributed by atoms with van der Waals surface area (Å²) in [6, 6.07) is 0. The number of rotatable bonds is 1. The predicted molar refractivity (Wildman–Crippen MR) is 36.8 cm³/mol. The van der Waals surface area contributed by atoms with E-state index in [2.05, 4.69) is 0 Å². The highest BCUT2D eigenvalue weighted by Gasteiger charge is 2.49. The Labute approximate surface area is 64.8 Å². The topological polar surface area (TPSA) is 66.8 Å². The van der Waals surface area contributed by atoms with E-state index in [9.17, 15) is 9.90 Å². The second kappa shape index (κ2) is 2.46. The van der Waals surface area contributed by atoms with Gasteiger partial charge in [0.25, 0.3) is 0 Å². The normalized spacial score (nSPS) is 35.5. The molecule has 1 aliphatic rings. The molecular formula is C7H12O4. The molecule has 0 radical (unpaired) electrons. The minimum absolute atomic E-state index is 0.240. The Bertz CT molecular complexity index is 175. The first-order valence-electron chi connectivity index (χ1n) is 3.49. The molecule has 2 N–H and O–H groups in total. The Morgan fingerprint density at radius 3 is 2.36 bits per heavy atom. The van der Waals surface area contributed by atoms with Crippen LogP contribution in [-0.4, -0.2) is 35.0 Å². The molecule has 0 aromatic heterocycles. The van der Waals surface area contributed by atoms with Gasteiger partial charge in [-0.05, 0) is 0 Å². The lowest BCUT2D eigenvalue weighted by molar-refractivity contribution is -0.148. The summed E-state index contributed by atoms with van der Waals surface area (Å²) in [5, 5.41) is 18.0. The second-order valence-electron chi connectivity index (χ2n) is 3.33. The zero-order valence-corrected chi connectivity index (χ0v) is 6.57. The van der Waals surface area contributed by atoms with Crippen LogP contribution >= 0.6 is 0 Å². The summed E-state index contributed by atoms with van der Waals surface area (Å²) in [4.78, 5) is 10.8. The van der Waals surface area contributed by atoms with Gasteiger partial charge in [0.05, 0.1) is 6.61 Å². The fourth-order valence-electron chi connectivity index (χ4n) is 1.11. The third-order valence-corrected chi connectivity index (χ3v) is 2.18. The van der Waals surface area contributed by atoms with Gasteiger partial charge in [-0.25, -0.2) is 4.79 Å². The van der Waals surface area contributed by atoms with E-state index in [0.717, 1.165) is 0 Å². The summed E-state index contributed by atoms with van der Waals surface area (Å²) in [5.41, 5.74) is -0.675. The molecule has 0 saturated carbocycles. The summed E-state index contributed by atoms with van der Waals surface area (Å²) in [7, 11) is 0. The number of cyclic esters (lactones) is 1. The van der Waals surface area contributed by atoms with Crippen LogP contribution in [0.15, 0.2) is 0 Å². The number of hydrogen-bond acceptors (Lipinski definition) is 4. The second-order valence-corrected chi connectivity index (χ2v) is 3.33. The summed E-state index contributed by atoms with van der Waals surface area (Å²) in [6.07, 6.45) is -1.69. The molecule has 2 atom stereocenters. The van der Waals surface area contributed by atoms with Crippen LogP contribution in [0.1, 0.15) is 13.8 Å². The lowest BCUT2D eigenvalue weighted by Gasteiger charge is -2.23. The number of aliphatic hydroxyl groups is 2. The first-order chi connectivity index (χ1) is 5.00. The summed E-state index contributed by atoms with van der Waals surface area (Å²) >= 11 is 0. The molecule has 1 fully saturated rings. The lowest BCUT2D eigenvalue weighted by Crippen LogP contribution is -2.36. The van der Waals surface area contributed by atoms with Gasteiger partial charge in [-0.3, -0.25) is 0 Å². The molecule has 64 valence electrons. The van der Waals surface area contributed by atoms with Gasteiger partial charge in [0.1, 0.15) is 6.10 Å². The van der Waals surface area contributed by atoms with Crippen molar-refractivity contribution in [2.24, 2.45) is 5.41 Å². The number of carbonyl (C=O) groups is 1. The van der Waals surface area contributed by atoms with E-state index in [1.165, 1.54) is 0 Å². The Morgan fingerprint density at radius 1 is 1.64 bits per heavy atom. The maximum atomic E-state index is 10.8. The van der Waals surface area contributed by atoms with E-state index in [1.54, 1.807) is 13.8 Å². The Balaban J connectivity index is 2.82. The van der Waals surface area contributed by atoms with E-state index >= 15 is 0 Å². The van der Waals surface area contributed by atoms with Gasteiger partial charge >= 0.3 is 5.97 Å². The molecule has 0 unspecified atom stereocenters. The van der Waals surface area contributed by atoms with Gasteiger partial charge in [-0.2, -0.15) is 0 Å². The summed E-state index contributed by atoms with van der Waals surface area (Å²) in [6.45, 7) is 3.13. The molecule has 1 heterocycles. The van der Waals surface area contributed by atoms with Crippen molar-refractivity contribution < 1.29 is 19.7 Å². The number of carbonyl (C=O) groups excluding carboxylic acids is 1. The zero-order chi connectivity index (χ0) is 8.65. The third-order valence-electron chi connectivity index (χ3n) is 2.18. The average Bonchev–Trinajstić information content (AvgIpc) is 2.13. The van der Waals surface area contributed by atoms with Crippen LogP contribution < -0.4 is 0 Å². The van der Waals surface area contributed by atoms with E-state index in [-0.39, 0.29) is 6.61 Å². The first kappa shape index (κ1) is 8.49. The van der Waals surface area contributed by atoms with Crippen LogP contribution in [0.5, 0.6) is 0 Å². The lowest BCUT2D eigenvalue weighted by atomic mass is 9.83. The van der Waals surface area contributed by atoms with Crippen LogP contribution in [-0.2, 0) is 9.53 Å². The zero-order valence-electron chi connectivity index (χ0n) is 6.57. The van der Waals surface area contributed by atoms with Gasteiger partial charge in [0.2, 0.25) is 0 Å². The van der Waals surface area contributed by atoms with Crippen molar-refractivity contribution in [3.63, 3.8) is 0 Å². The monoisotopic (exact) mass is 160 g/mol. The van der Waals surface area contributed by atoms with Crippen LogP contribution in [0.25, 0.3) is 0 Å². The van der Waals surface area contributed by atoms with E-state index in [0.29, 0.717) is 0 Å². The molecule has 4 nitrogen and oxygen atoms in total. The van der Waals surface area contributed by atoms with Crippen LogP contribution in [0, 0.1) is 5.41 Å². The average molecular weight is 160 g/mol. The SMILES string of the molecule is CC1(C)[C@H](CO)OC(=O)[C@H]1O. The minimum atomic E-state index is -1.11. The van der Waals surface area contributed by atoms with Crippen LogP contribution in [0.4, 0.5) is 0 Å². The van der Waals surface area contributed by atoms with Crippen molar-refractivity contribution in [1.82, 2.24) is 0 Å². The van der Waals surface area contributed by atoms with Crippen molar-refractivity contribution in [2.45, 2.75) is 26.1 Å². The predicted octanol–water partition coefficient (Wildman–Crippen LogP) is -0.709. The highest BCUT2D eigenvalue weighted by atomic mass is 16.6. The molecule has 11 heavy (non-hydrogen) atoms. The Morgan fingerprint density at radius 2 is 2.18 bits per heavy atom. The maximum Gasteiger partial charge on any atom is 0.336 e. The highest BCUT2D eigenvalue weighted by Crippen LogP contribution is 2.34. The quantitative estimate of drug-likeness (QED) is 0.497. The standard InChI is InChI=1S/C7H12O4/c1-7(2)4(3-8)11-6(10)5(7)9/h4-5,8-9H,3H2,1-2H3/t4-,5+/m0/s1. The molecule has 1 saturated heterocycles. The highest BCUT2D eigenvalue weighted by molar-refractivity contribution is 5.78. The minimum Gasteiger partial charge on any atom is -0.457 e. The van der Waals surface area contributed by atoms with E-state index in [1.807, 2.05) is 0 Å². The molecule has 0 aliphatic carbocycles. The number of hydrogen-bond donors (Lipinski definition) is 2. The van der Waals surface area contributed by atoms with Crippen molar-refractivity contribution in [2.75, 3.05) is 6.61 Å². The molecule has 0 spiro atoms. The van der Waals surface area contributed by atoms with E-state index < -0.39 is 23.6 Å². The van der Waals surface area contributed by atoms with Gasteiger partial charge < -0.3 is 14.9 Å². The molecule has 0 aromatic rings. The molecule has 1 aliphatic heterocycles. The fourth-order valence-corrected chi connectivity index (χ4v) is 1.11. The molecule has 0 bridgehead atoms. The third kappa shape index (κ3) is 1.12. The Kier molecular flexibility index (Phi) is 1.90.